The fourth-order valence-corrected chi connectivity index (χ4v) is 1.81. The number of hydrogen-bond acceptors (Lipinski definition) is 4. The van der Waals surface area contributed by atoms with Gasteiger partial charge in [-0.3, -0.25) is 4.79 Å². The maximum absolute atomic E-state index is 12.0. The molecule has 0 bridgehead atoms. The lowest BCUT2D eigenvalue weighted by molar-refractivity contribution is 0.0725. The van der Waals surface area contributed by atoms with Crippen molar-refractivity contribution in [2.24, 2.45) is 0 Å². The van der Waals surface area contributed by atoms with Crippen LogP contribution in [-0.2, 0) is 6.54 Å². The summed E-state index contributed by atoms with van der Waals surface area (Å²) in [6, 6.07) is 9.12. The molecular formula is C15H15ClN2O3. The molecule has 0 aliphatic carbocycles. The van der Waals surface area contributed by atoms with Gasteiger partial charge in [0, 0.05) is 17.6 Å². The number of carbonyl (C=O) groups is 1. The highest BCUT2D eigenvalue weighted by atomic mass is 35.5. The Bertz CT molecular complexity index is 680. The summed E-state index contributed by atoms with van der Waals surface area (Å²) in [5, 5.41) is 4.58. The highest BCUT2D eigenvalue weighted by Crippen LogP contribution is 2.16. The van der Waals surface area contributed by atoms with Crippen LogP contribution in [0.4, 0.5) is 0 Å². The third-order valence-corrected chi connectivity index (χ3v) is 3.08. The van der Waals surface area contributed by atoms with E-state index in [4.69, 9.17) is 16.3 Å². The molecule has 110 valence electrons. The van der Waals surface area contributed by atoms with Crippen LogP contribution in [0.5, 0.6) is 5.75 Å². The molecule has 0 saturated carbocycles. The summed E-state index contributed by atoms with van der Waals surface area (Å²) in [5.74, 6) is -0.236. The Morgan fingerprint density at radius 1 is 1.24 bits per heavy atom. The summed E-state index contributed by atoms with van der Waals surface area (Å²) in [7, 11) is 0. The molecule has 2 aromatic rings. The molecule has 0 amide bonds. The molecule has 0 aliphatic rings. The van der Waals surface area contributed by atoms with Crippen LogP contribution >= 0.6 is 11.6 Å². The zero-order valence-electron chi connectivity index (χ0n) is 11.6. The largest absolute Gasteiger partial charge is 0.422 e. The Morgan fingerprint density at radius 2 is 1.95 bits per heavy atom. The smallest absolute Gasteiger partial charge is 0.364 e. The predicted octanol–water partition coefficient (Wildman–Crippen LogP) is 2.92. The number of carbonyl (C=O) groups excluding carboxylic acids is 1. The highest BCUT2D eigenvalue weighted by Gasteiger charge is 2.12. The quantitative estimate of drug-likeness (QED) is 0.629. The average Bonchev–Trinajstić information content (AvgIpc) is 2.48. The summed E-state index contributed by atoms with van der Waals surface area (Å²) >= 11 is 5.76. The number of nitrogens with zero attached hydrogens (tertiary/aromatic N) is 2. The van der Waals surface area contributed by atoms with Crippen molar-refractivity contribution in [3.8, 4) is 5.75 Å². The standard InChI is InChI=1S/C15H15ClN2O3/c1-2-3-10-18-14(19)9-8-13(17-18)15(20)21-12-6-4-11(16)5-7-12/h4-9H,2-3,10H2,1H3. The Morgan fingerprint density at radius 3 is 2.62 bits per heavy atom. The van der Waals surface area contributed by atoms with E-state index in [-0.39, 0.29) is 11.3 Å². The number of ether oxygens (including phenoxy) is 1. The normalized spacial score (nSPS) is 10.4. The third-order valence-electron chi connectivity index (χ3n) is 2.82. The van der Waals surface area contributed by atoms with E-state index in [0.717, 1.165) is 12.8 Å². The van der Waals surface area contributed by atoms with Gasteiger partial charge < -0.3 is 4.74 Å². The zero-order valence-corrected chi connectivity index (χ0v) is 12.3. The Labute approximate surface area is 127 Å². The van der Waals surface area contributed by atoms with Crippen molar-refractivity contribution in [2.75, 3.05) is 0 Å². The second kappa shape index (κ2) is 7.04. The van der Waals surface area contributed by atoms with Crippen LogP contribution < -0.4 is 10.3 Å². The van der Waals surface area contributed by atoms with Gasteiger partial charge in [-0.15, -0.1) is 0 Å². The van der Waals surface area contributed by atoms with Crippen molar-refractivity contribution in [2.45, 2.75) is 26.3 Å². The predicted molar refractivity (Wildman–Crippen MR) is 79.8 cm³/mol. The fourth-order valence-electron chi connectivity index (χ4n) is 1.69. The maximum atomic E-state index is 12.0. The molecule has 0 radical (unpaired) electrons. The molecule has 0 aliphatic heterocycles. The van der Waals surface area contributed by atoms with Gasteiger partial charge in [-0.1, -0.05) is 24.9 Å². The first-order valence-corrected chi connectivity index (χ1v) is 7.04. The monoisotopic (exact) mass is 306 g/mol. The topological polar surface area (TPSA) is 61.2 Å². The lowest BCUT2D eigenvalue weighted by atomic mass is 10.3. The minimum Gasteiger partial charge on any atom is -0.422 e. The second-order valence-electron chi connectivity index (χ2n) is 4.48. The van der Waals surface area contributed by atoms with E-state index in [1.807, 2.05) is 6.92 Å². The van der Waals surface area contributed by atoms with Crippen molar-refractivity contribution >= 4 is 17.6 Å². The molecule has 6 heteroatoms. The van der Waals surface area contributed by atoms with Gasteiger partial charge in [0.2, 0.25) is 0 Å². The molecule has 0 unspecified atom stereocenters. The number of hydrogen-bond donors (Lipinski definition) is 0. The van der Waals surface area contributed by atoms with Crippen LogP contribution in [0.15, 0.2) is 41.2 Å². The molecule has 5 nitrogen and oxygen atoms in total. The Balaban J connectivity index is 2.15. The van der Waals surface area contributed by atoms with Crippen LogP contribution in [-0.4, -0.2) is 15.7 Å². The second-order valence-corrected chi connectivity index (χ2v) is 4.91. The van der Waals surface area contributed by atoms with E-state index in [0.29, 0.717) is 17.3 Å². The molecule has 0 saturated heterocycles. The maximum Gasteiger partial charge on any atom is 0.364 e. The summed E-state index contributed by atoms with van der Waals surface area (Å²) in [5.41, 5.74) is -0.132. The number of aromatic nitrogens is 2. The van der Waals surface area contributed by atoms with Gasteiger partial charge in [-0.25, -0.2) is 9.48 Å². The summed E-state index contributed by atoms with van der Waals surface area (Å²) in [6.07, 6.45) is 1.76. The molecule has 1 aromatic heterocycles. The number of rotatable bonds is 5. The van der Waals surface area contributed by atoms with Gasteiger partial charge in [-0.05, 0) is 36.8 Å². The zero-order chi connectivity index (χ0) is 15.2. The van der Waals surface area contributed by atoms with E-state index >= 15 is 0 Å². The first kappa shape index (κ1) is 15.3. The van der Waals surface area contributed by atoms with Gasteiger partial charge >= 0.3 is 5.97 Å². The third kappa shape index (κ3) is 4.16. The SMILES string of the molecule is CCCCn1nc(C(=O)Oc2ccc(Cl)cc2)ccc1=O. The van der Waals surface area contributed by atoms with Gasteiger partial charge in [0.05, 0.1) is 0 Å². The van der Waals surface area contributed by atoms with Crippen molar-refractivity contribution in [1.82, 2.24) is 9.78 Å². The number of unbranched alkanes of at least 4 members (excludes halogenated alkanes) is 1. The lowest BCUT2D eigenvalue weighted by Gasteiger charge is -2.06. The van der Waals surface area contributed by atoms with Crippen molar-refractivity contribution < 1.29 is 9.53 Å². The van der Waals surface area contributed by atoms with Crippen molar-refractivity contribution in [1.29, 1.82) is 0 Å². The van der Waals surface area contributed by atoms with E-state index in [1.165, 1.54) is 16.8 Å². The molecule has 21 heavy (non-hydrogen) atoms. The minimum absolute atomic E-state index is 0.0978. The summed E-state index contributed by atoms with van der Waals surface area (Å²) < 4.78 is 6.46. The summed E-state index contributed by atoms with van der Waals surface area (Å²) in [4.78, 5) is 23.6. The van der Waals surface area contributed by atoms with Gasteiger partial charge in [-0.2, -0.15) is 5.10 Å². The molecule has 0 fully saturated rings. The molecule has 1 aromatic carbocycles. The highest BCUT2D eigenvalue weighted by molar-refractivity contribution is 6.30. The first-order valence-electron chi connectivity index (χ1n) is 6.66. The van der Waals surface area contributed by atoms with Crippen LogP contribution in [0.25, 0.3) is 0 Å². The van der Waals surface area contributed by atoms with Crippen molar-refractivity contribution in [3.05, 3.63) is 57.5 Å². The van der Waals surface area contributed by atoms with E-state index in [1.54, 1.807) is 24.3 Å². The first-order chi connectivity index (χ1) is 10.1. The summed E-state index contributed by atoms with van der Waals surface area (Å²) in [6.45, 7) is 2.50. The number of halogens is 1. The van der Waals surface area contributed by atoms with Crippen LogP contribution in [0.3, 0.4) is 0 Å². The molecular weight excluding hydrogens is 292 g/mol. The number of benzene rings is 1. The van der Waals surface area contributed by atoms with Crippen LogP contribution in [0.1, 0.15) is 30.3 Å². The number of aryl methyl sites for hydroxylation is 1. The Hall–Kier alpha value is -2.14. The molecule has 0 spiro atoms. The van der Waals surface area contributed by atoms with Gasteiger partial charge in [0.15, 0.2) is 5.69 Å². The van der Waals surface area contributed by atoms with Gasteiger partial charge in [0.1, 0.15) is 5.75 Å². The average molecular weight is 307 g/mol. The fraction of sp³-hybridized carbons (Fsp3) is 0.267. The molecule has 0 atom stereocenters. The lowest BCUT2D eigenvalue weighted by Crippen LogP contribution is -2.25. The molecule has 2 rings (SSSR count). The van der Waals surface area contributed by atoms with E-state index in [2.05, 4.69) is 5.10 Å². The van der Waals surface area contributed by atoms with E-state index < -0.39 is 5.97 Å². The molecule has 0 N–H and O–H groups in total. The van der Waals surface area contributed by atoms with Crippen LogP contribution in [0.2, 0.25) is 5.02 Å². The molecule has 1 heterocycles. The Kier molecular flexibility index (Phi) is 5.11. The van der Waals surface area contributed by atoms with Crippen molar-refractivity contribution in [3.63, 3.8) is 0 Å². The minimum atomic E-state index is -0.609. The number of esters is 1. The van der Waals surface area contributed by atoms with E-state index in [9.17, 15) is 9.59 Å². The van der Waals surface area contributed by atoms with Crippen LogP contribution in [0, 0.1) is 0 Å². The van der Waals surface area contributed by atoms with Gasteiger partial charge in [0.25, 0.3) is 5.56 Å².